The highest BCUT2D eigenvalue weighted by molar-refractivity contribution is 6.31. The zero-order chi connectivity index (χ0) is 14.7. The molecule has 3 nitrogen and oxygen atoms in total. The maximum atomic E-state index is 6.31. The molecule has 0 saturated carbocycles. The van der Waals surface area contributed by atoms with Crippen molar-refractivity contribution in [3.05, 3.63) is 71.1 Å². The molecule has 0 aliphatic rings. The summed E-state index contributed by atoms with van der Waals surface area (Å²) in [6.45, 7) is 2.91. The SMILES string of the molecule is CCNC(c1ccc2ncccc2c1)c1ncccc1Cl. The van der Waals surface area contributed by atoms with E-state index < -0.39 is 0 Å². The molecule has 3 aromatic rings. The number of nitrogens with one attached hydrogen (secondary N) is 1. The summed E-state index contributed by atoms with van der Waals surface area (Å²) in [5, 5.41) is 5.24. The predicted octanol–water partition coefficient (Wildman–Crippen LogP) is 3.98. The van der Waals surface area contributed by atoms with Crippen LogP contribution in [0, 0.1) is 0 Å². The monoisotopic (exact) mass is 297 g/mol. The Morgan fingerprint density at radius 2 is 1.90 bits per heavy atom. The Bertz CT molecular complexity index is 758. The highest BCUT2D eigenvalue weighted by Gasteiger charge is 2.17. The third kappa shape index (κ3) is 2.89. The van der Waals surface area contributed by atoms with Crippen LogP contribution in [0.1, 0.15) is 24.2 Å². The van der Waals surface area contributed by atoms with Crippen LogP contribution in [0.5, 0.6) is 0 Å². The molecule has 1 aromatic carbocycles. The van der Waals surface area contributed by atoms with Gasteiger partial charge >= 0.3 is 0 Å². The van der Waals surface area contributed by atoms with Gasteiger partial charge in [-0.15, -0.1) is 0 Å². The lowest BCUT2D eigenvalue weighted by molar-refractivity contribution is 0.616. The fourth-order valence-corrected chi connectivity index (χ4v) is 2.69. The van der Waals surface area contributed by atoms with Crippen molar-refractivity contribution in [2.24, 2.45) is 0 Å². The maximum absolute atomic E-state index is 6.31. The Morgan fingerprint density at radius 3 is 2.71 bits per heavy atom. The molecule has 0 amide bonds. The van der Waals surface area contributed by atoms with E-state index in [1.54, 1.807) is 12.4 Å². The van der Waals surface area contributed by atoms with E-state index >= 15 is 0 Å². The van der Waals surface area contributed by atoms with Gasteiger partial charge < -0.3 is 5.32 Å². The molecule has 4 heteroatoms. The fraction of sp³-hybridized carbons (Fsp3) is 0.176. The van der Waals surface area contributed by atoms with E-state index in [9.17, 15) is 0 Å². The van der Waals surface area contributed by atoms with Crippen LogP contribution in [0.25, 0.3) is 10.9 Å². The van der Waals surface area contributed by atoms with Gasteiger partial charge in [-0.3, -0.25) is 9.97 Å². The first-order valence-electron chi connectivity index (χ1n) is 6.98. The van der Waals surface area contributed by atoms with Crippen LogP contribution in [-0.2, 0) is 0 Å². The molecule has 0 bridgehead atoms. The van der Waals surface area contributed by atoms with Crippen molar-refractivity contribution in [1.82, 2.24) is 15.3 Å². The van der Waals surface area contributed by atoms with E-state index in [0.717, 1.165) is 28.7 Å². The normalized spacial score (nSPS) is 12.5. The van der Waals surface area contributed by atoms with Gasteiger partial charge in [0.25, 0.3) is 0 Å². The summed E-state index contributed by atoms with van der Waals surface area (Å²) < 4.78 is 0. The van der Waals surface area contributed by atoms with E-state index in [4.69, 9.17) is 11.6 Å². The van der Waals surface area contributed by atoms with Crippen LogP contribution in [0.2, 0.25) is 5.02 Å². The molecule has 2 aromatic heterocycles. The Morgan fingerprint density at radius 1 is 1.10 bits per heavy atom. The second-order valence-corrected chi connectivity index (χ2v) is 5.22. The summed E-state index contributed by atoms with van der Waals surface area (Å²) in [5.74, 6) is 0. The van der Waals surface area contributed by atoms with Gasteiger partial charge in [0.2, 0.25) is 0 Å². The van der Waals surface area contributed by atoms with Crippen LogP contribution in [0.3, 0.4) is 0 Å². The Kier molecular flexibility index (Phi) is 4.13. The second-order valence-electron chi connectivity index (χ2n) is 4.82. The van der Waals surface area contributed by atoms with E-state index in [0.29, 0.717) is 5.02 Å². The Labute approximate surface area is 129 Å². The van der Waals surface area contributed by atoms with Gasteiger partial charge in [-0.25, -0.2) is 0 Å². The van der Waals surface area contributed by atoms with Crippen molar-refractivity contribution in [3.8, 4) is 0 Å². The molecular weight excluding hydrogens is 282 g/mol. The molecule has 1 atom stereocenters. The van der Waals surface area contributed by atoms with Crippen molar-refractivity contribution in [2.75, 3.05) is 6.54 Å². The number of hydrogen-bond donors (Lipinski definition) is 1. The summed E-state index contributed by atoms with van der Waals surface area (Å²) in [6, 6.07) is 14.0. The molecule has 0 aliphatic carbocycles. The molecule has 0 aliphatic heterocycles. The summed E-state index contributed by atoms with van der Waals surface area (Å²) in [6.07, 6.45) is 3.58. The lowest BCUT2D eigenvalue weighted by atomic mass is 10.0. The number of hydrogen-bond acceptors (Lipinski definition) is 3. The van der Waals surface area contributed by atoms with Crippen molar-refractivity contribution >= 4 is 22.5 Å². The predicted molar refractivity (Wildman–Crippen MR) is 86.5 cm³/mol. The summed E-state index contributed by atoms with van der Waals surface area (Å²) >= 11 is 6.31. The fourth-order valence-electron chi connectivity index (χ4n) is 2.46. The van der Waals surface area contributed by atoms with Crippen LogP contribution in [-0.4, -0.2) is 16.5 Å². The number of halogens is 1. The molecule has 0 saturated heterocycles. The first kappa shape index (κ1) is 14.0. The van der Waals surface area contributed by atoms with E-state index in [1.807, 2.05) is 24.3 Å². The number of benzene rings is 1. The minimum absolute atomic E-state index is 0.0201. The Balaban J connectivity index is 2.09. The van der Waals surface area contributed by atoms with Gasteiger partial charge in [0, 0.05) is 17.8 Å². The zero-order valence-electron chi connectivity index (χ0n) is 11.8. The largest absolute Gasteiger partial charge is 0.305 e. The van der Waals surface area contributed by atoms with Gasteiger partial charge in [0.1, 0.15) is 0 Å². The summed E-state index contributed by atoms with van der Waals surface area (Å²) in [4.78, 5) is 8.80. The lowest BCUT2D eigenvalue weighted by Gasteiger charge is -2.19. The first-order valence-corrected chi connectivity index (χ1v) is 7.36. The Hall–Kier alpha value is -1.97. The highest BCUT2D eigenvalue weighted by Crippen LogP contribution is 2.28. The molecule has 3 rings (SSSR count). The van der Waals surface area contributed by atoms with Crippen molar-refractivity contribution in [2.45, 2.75) is 13.0 Å². The van der Waals surface area contributed by atoms with Gasteiger partial charge in [-0.05, 0) is 42.4 Å². The maximum Gasteiger partial charge on any atom is 0.0804 e. The summed E-state index contributed by atoms with van der Waals surface area (Å²) in [5.41, 5.74) is 2.98. The van der Waals surface area contributed by atoms with Gasteiger partial charge in [-0.1, -0.05) is 30.7 Å². The van der Waals surface area contributed by atoms with Crippen LogP contribution in [0.15, 0.2) is 54.9 Å². The molecule has 0 fully saturated rings. The first-order chi connectivity index (χ1) is 10.3. The van der Waals surface area contributed by atoms with Gasteiger partial charge in [0.15, 0.2) is 0 Å². The number of rotatable bonds is 4. The van der Waals surface area contributed by atoms with Crippen molar-refractivity contribution in [3.63, 3.8) is 0 Å². The van der Waals surface area contributed by atoms with Gasteiger partial charge in [0.05, 0.1) is 22.3 Å². The van der Waals surface area contributed by atoms with Crippen molar-refractivity contribution < 1.29 is 0 Å². The average Bonchev–Trinajstić information content (AvgIpc) is 2.53. The molecule has 1 unspecified atom stereocenters. The van der Waals surface area contributed by atoms with E-state index in [2.05, 4.69) is 40.4 Å². The van der Waals surface area contributed by atoms with Gasteiger partial charge in [-0.2, -0.15) is 0 Å². The molecule has 0 spiro atoms. The van der Waals surface area contributed by atoms with Crippen LogP contribution >= 0.6 is 11.6 Å². The second kappa shape index (κ2) is 6.20. The van der Waals surface area contributed by atoms with Crippen molar-refractivity contribution in [1.29, 1.82) is 0 Å². The number of pyridine rings is 2. The smallest absolute Gasteiger partial charge is 0.0804 e. The zero-order valence-corrected chi connectivity index (χ0v) is 12.5. The number of aromatic nitrogens is 2. The quantitative estimate of drug-likeness (QED) is 0.791. The van der Waals surface area contributed by atoms with Crippen LogP contribution < -0.4 is 5.32 Å². The minimum atomic E-state index is -0.0201. The molecule has 21 heavy (non-hydrogen) atoms. The van der Waals surface area contributed by atoms with E-state index in [-0.39, 0.29) is 6.04 Å². The molecule has 1 N–H and O–H groups in total. The van der Waals surface area contributed by atoms with Crippen LogP contribution in [0.4, 0.5) is 0 Å². The molecule has 106 valence electrons. The topological polar surface area (TPSA) is 37.8 Å². The number of fused-ring (bicyclic) bond motifs is 1. The standard InChI is InChI=1S/C17H16ClN3/c1-2-19-16(17-14(18)6-4-10-21-17)13-7-8-15-12(11-13)5-3-9-20-15/h3-11,16,19H,2H2,1H3. The third-order valence-corrected chi connectivity index (χ3v) is 3.75. The molecule has 0 radical (unpaired) electrons. The van der Waals surface area contributed by atoms with E-state index in [1.165, 1.54) is 0 Å². The minimum Gasteiger partial charge on any atom is -0.305 e. The number of nitrogens with zero attached hydrogens (tertiary/aromatic N) is 2. The molecular formula is C17H16ClN3. The average molecular weight is 298 g/mol. The molecule has 2 heterocycles. The highest BCUT2D eigenvalue weighted by atomic mass is 35.5. The summed E-state index contributed by atoms with van der Waals surface area (Å²) in [7, 11) is 0. The third-order valence-electron chi connectivity index (χ3n) is 3.43. The lowest BCUT2D eigenvalue weighted by Crippen LogP contribution is -2.23.